The molecule has 0 spiro atoms. The topological polar surface area (TPSA) is 55.6 Å². The number of fused-ring (bicyclic) bond motifs is 1. The minimum Gasteiger partial charge on any atom is -0.379 e. The van der Waals surface area contributed by atoms with Gasteiger partial charge in [0.2, 0.25) is 0 Å². The summed E-state index contributed by atoms with van der Waals surface area (Å²) in [6, 6.07) is 6.42. The van der Waals surface area contributed by atoms with E-state index in [1.807, 2.05) is 30.7 Å². The first-order valence-electron chi connectivity index (χ1n) is 6.69. The number of imidazole rings is 1. The van der Waals surface area contributed by atoms with Crippen molar-refractivity contribution in [3.63, 3.8) is 0 Å². The molecule has 102 valence electrons. The van der Waals surface area contributed by atoms with E-state index in [1.165, 1.54) is 5.69 Å². The molecule has 5 nitrogen and oxygen atoms in total. The van der Waals surface area contributed by atoms with Crippen LogP contribution in [0.25, 0.3) is 11.0 Å². The highest BCUT2D eigenvalue weighted by molar-refractivity contribution is 5.78. The molecule has 0 fully saturated rings. The fourth-order valence-electron chi connectivity index (χ4n) is 2.20. The average molecular weight is 267 g/mol. The zero-order valence-corrected chi connectivity index (χ0v) is 11.6. The van der Waals surface area contributed by atoms with E-state index in [1.54, 1.807) is 12.4 Å². The first-order valence-corrected chi connectivity index (χ1v) is 6.69. The normalized spacial score (nSPS) is 11.2. The van der Waals surface area contributed by atoms with Crippen LogP contribution in [0, 0.1) is 0 Å². The van der Waals surface area contributed by atoms with Crippen molar-refractivity contribution in [2.45, 2.75) is 26.4 Å². The Kier molecular flexibility index (Phi) is 3.33. The summed E-state index contributed by atoms with van der Waals surface area (Å²) >= 11 is 0. The standard InChI is InChI=1S/C15H17N5/c1-11(2)20-10-16-8-13(20)9-19-12-3-4-14-15(7-12)18-6-5-17-14/h3-8,10-11,19H,9H2,1-2H3. The Morgan fingerprint density at radius 1 is 1.15 bits per heavy atom. The van der Waals surface area contributed by atoms with Crippen LogP contribution in [0.5, 0.6) is 0 Å². The van der Waals surface area contributed by atoms with Crippen LogP contribution in [0.3, 0.4) is 0 Å². The lowest BCUT2D eigenvalue weighted by Gasteiger charge is -2.13. The van der Waals surface area contributed by atoms with Gasteiger partial charge in [-0.05, 0) is 32.0 Å². The van der Waals surface area contributed by atoms with E-state index >= 15 is 0 Å². The van der Waals surface area contributed by atoms with Gasteiger partial charge in [0.1, 0.15) is 0 Å². The SMILES string of the molecule is CC(C)n1cncc1CNc1ccc2nccnc2c1. The van der Waals surface area contributed by atoms with Gasteiger partial charge in [0.05, 0.1) is 29.6 Å². The lowest BCUT2D eigenvalue weighted by atomic mass is 10.2. The molecule has 0 saturated heterocycles. The molecule has 2 aromatic heterocycles. The first kappa shape index (κ1) is 12.6. The Labute approximate surface area is 117 Å². The number of hydrogen-bond donors (Lipinski definition) is 1. The second kappa shape index (κ2) is 5.28. The number of rotatable bonds is 4. The summed E-state index contributed by atoms with van der Waals surface area (Å²) in [4.78, 5) is 12.8. The molecular formula is C15H17N5. The van der Waals surface area contributed by atoms with Crippen molar-refractivity contribution in [3.8, 4) is 0 Å². The lowest BCUT2D eigenvalue weighted by molar-refractivity contribution is 0.577. The number of nitrogens with one attached hydrogen (secondary N) is 1. The van der Waals surface area contributed by atoms with Crippen molar-refractivity contribution in [1.29, 1.82) is 0 Å². The first-order chi connectivity index (χ1) is 9.74. The lowest BCUT2D eigenvalue weighted by Crippen LogP contribution is -2.08. The average Bonchev–Trinajstić information content (AvgIpc) is 2.93. The Morgan fingerprint density at radius 3 is 2.75 bits per heavy atom. The minimum atomic E-state index is 0.414. The predicted molar refractivity (Wildman–Crippen MR) is 79.5 cm³/mol. The van der Waals surface area contributed by atoms with Crippen LogP contribution < -0.4 is 5.32 Å². The van der Waals surface area contributed by atoms with Crippen LogP contribution in [-0.2, 0) is 6.54 Å². The van der Waals surface area contributed by atoms with Crippen molar-refractivity contribution >= 4 is 16.7 Å². The highest BCUT2D eigenvalue weighted by Crippen LogP contribution is 2.16. The van der Waals surface area contributed by atoms with Gasteiger partial charge < -0.3 is 9.88 Å². The van der Waals surface area contributed by atoms with E-state index in [9.17, 15) is 0 Å². The predicted octanol–water partition coefficient (Wildman–Crippen LogP) is 3.02. The summed E-state index contributed by atoms with van der Waals surface area (Å²) in [7, 11) is 0. The van der Waals surface area contributed by atoms with Gasteiger partial charge in [-0.1, -0.05) is 0 Å². The van der Waals surface area contributed by atoms with Gasteiger partial charge in [-0.3, -0.25) is 9.97 Å². The summed E-state index contributed by atoms with van der Waals surface area (Å²) in [6.07, 6.45) is 7.18. The quantitative estimate of drug-likeness (QED) is 0.789. The number of benzene rings is 1. The third kappa shape index (κ3) is 2.47. The van der Waals surface area contributed by atoms with Crippen LogP contribution >= 0.6 is 0 Å². The van der Waals surface area contributed by atoms with Crippen molar-refractivity contribution in [3.05, 3.63) is 48.8 Å². The number of hydrogen-bond acceptors (Lipinski definition) is 4. The largest absolute Gasteiger partial charge is 0.379 e. The minimum absolute atomic E-state index is 0.414. The maximum atomic E-state index is 4.31. The van der Waals surface area contributed by atoms with Gasteiger partial charge in [0.15, 0.2) is 0 Å². The van der Waals surface area contributed by atoms with Gasteiger partial charge in [-0.15, -0.1) is 0 Å². The van der Waals surface area contributed by atoms with Gasteiger partial charge in [-0.2, -0.15) is 0 Å². The fourth-order valence-corrected chi connectivity index (χ4v) is 2.20. The van der Waals surface area contributed by atoms with Crippen molar-refractivity contribution in [2.75, 3.05) is 5.32 Å². The van der Waals surface area contributed by atoms with E-state index < -0.39 is 0 Å². The molecule has 0 unspecified atom stereocenters. The van der Waals surface area contributed by atoms with E-state index in [-0.39, 0.29) is 0 Å². The van der Waals surface area contributed by atoms with Crippen LogP contribution in [0.4, 0.5) is 5.69 Å². The molecule has 0 radical (unpaired) electrons. The number of anilines is 1. The number of nitrogens with zero attached hydrogens (tertiary/aromatic N) is 4. The Balaban J connectivity index is 1.78. The Hall–Kier alpha value is -2.43. The third-order valence-corrected chi connectivity index (χ3v) is 3.25. The third-order valence-electron chi connectivity index (χ3n) is 3.25. The molecule has 0 saturated carbocycles. The second-order valence-corrected chi connectivity index (χ2v) is 5.00. The molecule has 0 aliphatic rings. The van der Waals surface area contributed by atoms with Crippen LogP contribution in [-0.4, -0.2) is 19.5 Å². The maximum absolute atomic E-state index is 4.31. The molecule has 1 aromatic carbocycles. The molecule has 3 aromatic rings. The molecule has 5 heteroatoms. The van der Waals surface area contributed by atoms with Crippen LogP contribution in [0.2, 0.25) is 0 Å². The van der Waals surface area contributed by atoms with Crippen molar-refractivity contribution in [2.24, 2.45) is 0 Å². The molecule has 2 heterocycles. The van der Waals surface area contributed by atoms with E-state index in [4.69, 9.17) is 0 Å². The number of aromatic nitrogens is 4. The van der Waals surface area contributed by atoms with E-state index in [2.05, 4.69) is 38.7 Å². The molecular weight excluding hydrogens is 250 g/mol. The highest BCUT2D eigenvalue weighted by Gasteiger charge is 2.05. The molecule has 0 bridgehead atoms. The zero-order valence-electron chi connectivity index (χ0n) is 11.6. The van der Waals surface area contributed by atoms with E-state index in [0.29, 0.717) is 6.04 Å². The molecule has 0 amide bonds. The molecule has 0 aliphatic heterocycles. The Bertz CT molecular complexity index is 717. The molecule has 0 aliphatic carbocycles. The summed E-state index contributed by atoms with van der Waals surface area (Å²) in [5, 5.41) is 3.41. The van der Waals surface area contributed by atoms with Crippen molar-refractivity contribution in [1.82, 2.24) is 19.5 Å². The van der Waals surface area contributed by atoms with E-state index in [0.717, 1.165) is 23.3 Å². The van der Waals surface area contributed by atoms with Crippen LogP contribution in [0.15, 0.2) is 43.1 Å². The maximum Gasteiger partial charge on any atom is 0.0951 e. The molecule has 1 N–H and O–H groups in total. The summed E-state index contributed by atoms with van der Waals surface area (Å²) < 4.78 is 2.16. The van der Waals surface area contributed by atoms with Gasteiger partial charge in [-0.25, -0.2) is 4.98 Å². The van der Waals surface area contributed by atoms with Crippen molar-refractivity contribution < 1.29 is 0 Å². The van der Waals surface area contributed by atoms with Gasteiger partial charge in [0, 0.05) is 30.3 Å². The zero-order chi connectivity index (χ0) is 13.9. The molecule has 3 rings (SSSR count). The molecule has 0 atom stereocenters. The molecule has 20 heavy (non-hydrogen) atoms. The van der Waals surface area contributed by atoms with Crippen LogP contribution in [0.1, 0.15) is 25.6 Å². The second-order valence-electron chi connectivity index (χ2n) is 5.00. The smallest absolute Gasteiger partial charge is 0.0951 e. The van der Waals surface area contributed by atoms with Gasteiger partial charge in [0.25, 0.3) is 0 Å². The Morgan fingerprint density at radius 2 is 1.95 bits per heavy atom. The summed E-state index contributed by atoms with van der Waals surface area (Å²) in [5.74, 6) is 0. The fraction of sp³-hybridized carbons (Fsp3) is 0.267. The summed E-state index contributed by atoms with van der Waals surface area (Å²) in [5.41, 5.74) is 4.01. The monoisotopic (exact) mass is 267 g/mol. The highest BCUT2D eigenvalue weighted by atomic mass is 15.1. The van der Waals surface area contributed by atoms with Gasteiger partial charge >= 0.3 is 0 Å². The summed E-state index contributed by atoms with van der Waals surface area (Å²) in [6.45, 7) is 5.04.